The van der Waals surface area contributed by atoms with Gasteiger partial charge in [-0.15, -0.1) is 11.3 Å². The molecule has 0 bridgehead atoms. The number of carbonyl (C=O) groups is 1. The molecule has 1 amide bonds. The highest BCUT2D eigenvalue weighted by Crippen LogP contribution is 2.30. The Labute approximate surface area is 161 Å². The lowest BCUT2D eigenvalue weighted by atomic mass is 10.2. The Morgan fingerprint density at radius 3 is 3.00 bits per heavy atom. The van der Waals surface area contributed by atoms with Gasteiger partial charge in [0.15, 0.2) is 0 Å². The van der Waals surface area contributed by atoms with Crippen LogP contribution in [0.25, 0.3) is 10.2 Å². The first-order valence-electron chi connectivity index (χ1n) is 8.84. The molecule has 4 rings (SSSR count). The molecule has 0 atom stereocenters. The molecule has 7 heteroatoms. The molecule has 0 radical (unpaired) electrons. The van der Waals surface area contributed by atoms with Gasteiger partial charge in [0.2, 0.25) is 0 Å². The molecule has 1 aliphatic rings. The summed E-state index contributed by atoms with van der Waals surface area (Å²) in [5, 5.41) is 9.78. The molecule has 1 N–H and O–H groups in total. The summed E-state index contributed by atoms with van der Waals surface area (Å²) in [4.78, 5) is 16.7. The quantitative estimate of drug-likeness (QED) is 0.746. The van der Waals surface area contributed by atoms with Gasteiger partial charge in [-0.3, -0.25) is 9.48 Å². The monoisotopic (exact) mass is 388 g/mol. The van der Waals surface area contributed by atoms with E-state index in [4.69, 9.17) is 11.6 Å². The number of rotatable bonds is 3. The SMILES string of the molecule is Cc1nn(Cc2ccccc2Cl)c2sc(C(=O)N3CCCNCC3)cc12. The molecule has 2 aromatic heterocycles. The van der Waals surface area contributed by atoms with Gasteiger partial charge >= 0.3 is 0 Å². The van der Waals surface area contributed by atoms with Crippen LogP contribution in [0, 0.1) is 6.92 Å². The number of hydrogen-bond donors (Lipinski definition) is 1. The molecule has 26 heavy (non-hydrogen) atoms. The number of carbonyl (C=O) groups excluding carboxylic acids is 1. The molecule has 3 aromatic rings. The largest absolute Gasteiger partial charge is 0.337 e. The van der Waals surface area contributed by atoms with Crippen molar-refractivity contribution in [3.8, 4) is 0 Å². The summed E-state index contributed by atoms with van der Waals surface area (Å²) < 4.78 is 1.96. The van der Waals surface area contributed by atoms with E-state index < -0.39 is 0 Å². The number of halogens is 1. The lowest BCUT2D eigenvalue weighted by Gasteiger charge is -2.18. The second-order valence-corrected chi connectivity index (χ2v) is 8.00. The molecule has 0 spiro atoms. The first-order valence-corrected chi connectivity index (χ1v) is 10.0. The number of hydrogen-bond acceptors (Lipinski definition) is 4. The van der Waals surface area contributed by atoms with Gasteiger partial charge in [-0.05, 0) is 37.6 Å². The smallest absolute Gasteiger partial charge is 0.264 e. The second kappa shape index (κ2) is 7.39. The molecular weight excluding hydrogens is 368 g/mol. The van der Waals surface area contributed by atoms with Crippen LogP contribution in [0.5, 0.6) is 0 Å². The van der Waals surface area contributed by atoms with E-state index in [9.17, 15) is 4.79 Å². The van der Waals surface area contributed by atoms with Crippen molar-refractivity contribution in [1.82, 2.24) is 20.0 Å². The fourth-order valence-corrected chi connectivity index (χ4v) is 4.64. The minimum Gasteiger partial charge on any atom is -0.337 e. The van der Waals surface area contributed by atoms with Crippen LogP contribution in [0.2, 0.25) is 5.02 Å². The fourth-order valence-electron chi connectivity index (χ4n) is 3.32. The van der Waals surface area contributed by atoms with E-state index in [0.29, 0.717) is 6.54 Å². The molecule has 0 saturated carbocycles. The first-order chi connectivity index (χ1) is 12.6. The summed E-state index contributed by atoms with van der Waals surface area (Å²) in [5.41, 5.74) is 1.97. The Bertz CT molecular complexity index is 940. The Morgan fingerprint density at radius 2 is 2.15 bits per heavy atom. The maximum Gasteiger partial charge on any atom is 0.264 e. The van der Waals surface area contributed by atoms with Crippen LogP contribution in [-0.4, -0.2) is 46.8 Å². The van der Waals surface area contributed by atoms with E-state index in [1.807, 2.05) is 46.8 Å². The predicted octanol–water partition coefficient (Wildman–Crippen LogP) is 3.54. The van der Waals surface area contributed by atoms with E-state index in [0.717, 1.165) is 64.0 Å². The fraction of sp³-hybridized carbons (Fsp3) is 0.368. The lowest BCUT2D eigenvalue weighted by Crippen LogP contribution is -2.33. The maximum absolute atomic E-state index is 12.9. The summed E-state index contributed by atoms with van der Waals surface area (Å²) >= 11 is 7.82. The lowest BCUT2D eigenvalue weighted by molar-refractivity contribution is 0.0771. The van der Waals surface area contributed by atoms with Crippen molar-refractivity contribution in [1.29, 1.82) is 0 Å². The molecule has 3 heterocycles. The van der Waals surface area contributed by atoms with Crippen LogP contribution < -0.4 is 5.32 Å². The number of benzene rings is 1. The summed E-state index contributed by atoms with van der Waals surface area (Å²) in [6, 6.07) is 9.79. The molecule has 1 aromatic carbocycles. The highest BCUT2D eigenvalue weighted by Gasteiger charge is 2.22. The minimum atomic E-state index is 0.124. The predicted molar refractivity (Wildman–Crippen MR) is 106 cm³/mol. The molecule has 136 valence electrons. The van der Waals surface area contributed by atoms with Crippen molar-refractivity contribution in [3.63, 3.8) is 0 Å². The second-order valence-electron chi connectivity index (χ2n) is 6.56. The molecule has 1 saturated heterocycles. The van der Waals surface area contributed by atoms with Crippen LogP contribution in [-0.2, 0) is 6.54 Å². The van der Waals surface area contributed by atoms with Crippen molar-refractivity contribution in [2.45, 2.75) is 19.9 Å². The Morgan fingerprint density at radius 1 is 1.31 bits per heavy atom. The summed E-state index contributed by atoms with van der Waals surface area (Å²) in [6.07, 6.45) is 0.996. The average Bonchev–Trinajstić information content (AvgIpc) is 3.06. The third-order valence-electron chi connectivity index (χ3n) is 4.72. The molecule has 1 fully saturated rings. The molecule has 1 aliphatic heterocycles. The van der Waals surface area contributed by atoms with Crippen molar-refractivity contribution >= 4 is 39.1 Å². The third-order valence-corrected chi connectivity index (χ3v) is 6.23. The van der Waals surface area contributed by atoms with Gasteiger partial charge in [-0.25, -0.2) is 0 Å². The number of fused-ring (bicyclic) bond motifs is 1. The van der Waals surface area contributed by atoms with Gasteiger partial charge in [-0.2, -0.15) is 5.10 Å². The zero-order valence-electron chi connectivity index (χ0n) is 14.7. The van der Waals surface area contributed by atoms with Crippen molar-refractivity contribution in [2.75, 3.05) is 26.2 Å². The van der Waals surface area contributed by atoms with Crippen LogP contribution in [0.4, 0.5) is 0 Å². The van der Waals surface area contributed by atoms with Crippen LogP contribution in [0.1, 0.15) is 27.3 Å². The number of nitrogens with one attached hydrogen (secondary N) is 1. The van der Waals surface area contributed by atoms with E-state index in [1.54, 1.807) is 0 Å². The Balaban J connectivity index is 1.65. The number of aryl methyl sites for hydroxylation is 1. The van der Waals surface area contributed by atoms with Crippen LogP contribution in [0.15, 0.2) is 30.3 Å². The van der Waals surface area contributed by atoms with Crippen molar-refractivity contribution < 1.29 is 4.79 Å². The van der Waals surface area contributed by atoms with Gasteiger partial charge in [0.1, 0.15) is 4.83 Å². The van der Waals surface area contributed by atoms with Gasteiger partial charge in [-0.1, -0.05) is 29.8 Å². The molecule has 0 unspecified atom stereocenters. The first kappa shape index (κ1) is 17.5. The minimum absolute atomic E-state index is 0.124. The standard InChI is InChI=1S/C19H21ClN4OS/c1-13-15-11-17(18(25)23-9-4-7-21-8-10-23)26-19(15)24(22-13)12-14-5-2-3-6-16(14)20/h2-3,5-6,11,21H,4,7-10,12H2,1H3. The average molecular weight is 389 g/mol. The van der Waals surface area contributed by atoms with Crippen LogP contribution >= 0.6 is 22.9 Å². The van der Waals surface area contributed by atoms with Gasteiger partial charge in [0, 0.05) is 30.0 Å². The Kier molecular flexibility index (Phi) is 4.98. The molecule has 5 nitrogen and oxygen atoms in total. The number of thiophene rings is 1. The van der Waals surface area contributed by atoms with Crippen molar-refractivity contribution in [3.05, 3.63) is 51.5 Å². The van der Waals surface area contributed by atoms with E-state index in [-0.39, 0.29) is 5.91 Å². The van der Waals surface area contributed by atoms with Crippen molar-refractivity contribution in [2.24, 2.45) is 0 Å². The zero-order chi connectivity index (χ0) is 18.1. The van der Waals surface area contributed by atoms with Gasteiger partial charge in [0.05, 0.1) is 17.1 Å². The number of nitrogens with zero attached hydrogens (tertiary/aromatic N) is 3. The highest BCUT2D eigenvalue weighted by atomic mass is 35.5. The normalized spacial score (nSPS) is 15.4. The maximum atomic E-state index is 12.9. The van der Waals surface area contributed by atoms with E-state index >= 15 is 0 Å². The number of aromatic nitrogens is 2. The number of amides is 1. The Hall–Kier alpha value is -1.89. The van der Waals surface area contributed by atoms with E-state index in [2.05, 4.69) is 10.4 Å². The summed E-state index contributed by atoms with van der Waals surface area (Å²) in [6.45, 7) is 5.99. The van der Waals surface area contributed by atoms with Gasteiger partial charge < -0.3 is 10.2 Å². The molecular formula is C19H21ClN4OS. The van der Waals surface area contributed by atoms with E-state index in [1.165, 1.54) is 11.3 Å². The van der Waals surface area contributed by atoms with Gasteiger partial charge in [0.25, 0.3) is 5.91 Å². The van der Waals surface area contributed by atoms with Crippen LogP contribution in [0.3, 0.4) is 0 Å². The summed E-state index contributed by atoms with van der Waals surface area (Å²) in [5.74, 6) is 0.124. The summed E-state index contributed by atoms with van der Waals surface area (Å²) in [7, 11) is 0. The topological polar surface area (TPSA) is 50.2 Å². The molecule has 0 aliphatic carbocycles. The highest BCUT2D eigenvalue weighted by molar-refractivity contribution is 7.20. The third kappa shape index (κ3) is 3.37. The zero-order valence-corrected chi connectivity index (χ0v) is 16.2.